The number of rotatable bonds is 9. The van der Waals surface area contributed by atoms with Crippen molar-refractivity contribution in [3.05, 3.63) is 96.2 Å². The summed E-state index contributed by atoms with van der Waals surface area (Å²) < 4.78 is 24.7. The van der Waals surface area contributed by atoms with Gasteiger partial charge in [0.15, 0.2) is 0 Å². The molecule has 39 heavy (non-hydrogen) atoms. The van der Waals surface area contributed by atoms with Crippen molar-refractivity contribution in [3.63, 3.8) is 0 Å². The van der Waals surface area contributed by atoms with Gasteiger partial charge in [-0.25, -0.2) is 23.5 Å². The molecule has 2 heterocycles. The average molecular weight is 543 g/mol. The first-order valence-electron chi connectivity index (χ1n) is 12.4. The van der Waals surface area contributed by atoms with E-state index in [4.69, 9.17) is 10.1 Å². The number of nitrogens with two attached hydrogens (primary N) is 1. The standard InChI is InChI=1S/C28H30N8O2S/c1-19(21-7-5-4-6-8-21)31-28-33-24-17-23(13-14-25(24)36(28)3)35(2)26-15-16-30-27(34-26)32-22-11-9-20(10-12-22)18-39(29,37)38/h4-17,19H,18H2,1-3H3,(H,31,33)(H2,29,37,38)(H,30,32,34). The van der Waals surface area contributed by atoms with Crippen molar-refractivity contribution >= 4 is 50.1 Å². The lowest BCUT2D eigenvalue weighted by molar-refractivity contribution is 0.597. The predicted molar refractivity (Wildman–Crippen MR) is 156 cm³/mol. The number of nitrogens with zero attached hydrogens (tertiary/aromatic N) is 5. The Morgan fingerprint density at radius 3 is 2.46 bits per heavy atom. The van der Waals surface area contributed by atoms with Gasteiger partial charge in [-0.15, -0.1) is 0 Å². The maximum Gasteiger partial charge on any atom is 0.229 e. The highest BCUT2D eigenvalue weighted by atomic mass is 32.2. The quantitative estimate of drug-likeness (QED) is 0.241. The van der Waals surface area contributed by atoms with Crippen LogP contribution in [0.3, 0.4) is 0 Å². The van der Waals surface area contributed by atoms with E-state index in [9.17, 15) is 8.42 Å². The van der Waals surface area contributed by atoms with Crippen molar-refractivity contribution in [2.24, 2.45) is 12.2 Å². The van der Waals surface area contributed by atoms with Crippen LogP contribution in [0.15, 0.2) is 85.1 Å². The average Bonchev–Trinajstić information content (AvgIpc) is 3.23. The van der Waals surface area contributed by atoms with Crippen LogP contribution in [0.2, 0.25) is 0 Å². The third-order valence-electron chi connectivity index (χ3n) is 6.46. The number of sulfonamides is 1. The second-order valence-corrected chi connectivity index (χ2v) is 11.0. The van der Waals surface area contributed by atoms with E-state index in [1.165, 1.54) is 5.56 Å². The van der Waals surface area contributed by atoms with Gasteiger partial charge in [-0.1, -0.05) is 42.5 Å². The molecule has 5 rings (SSSR count). The molecule has 0 radical (unpaired) electrons. The van der Waals surface area contributed by atoms with Gasteiger partial charge in [0.2, 0.25) is 21.9 Å². The number of benzene rings is 3. The number of aromatic nitrogens is 4. The number of imidazole rings is 1. The van der Waals surface area contributed by atoms with Crippen molar-refractivity contribution < 1.29 is 8.42 Å². The first kappa shape index (κ1) is 26.1. The van der Waals surface area contributed by atoms with E-state index in [1.54, 1.807) is 30.5 Å². The molecule has 0 aliphatic rings. The third kappa shape index (κ3) is 6.16. The highest BCUT2D eigenvalue weighted by Crippen LogP contribution is 2.29. The smallest absolute Gasteiger partial charge is 0.229 e. The van der Waals surface area contributed by atoms with Crippen LogP contribution in [0.5, 0.6) is 0 Å². The molecule has 2 aromatic heterocycles. The van der Waals surface area contributed by atoms with Crippen LogP contribution in [-0.4, -0.2) is 35.0 Å². The molecule has 1 atom stereocenters. The summed E-state index contributed by atoms with van der Waals surface area (Å²) in [5.41, 5.74) is 5.35. The summed E-state index contributed by atoms with van der Waals surface area (Å²) in [5, 5.41) is 11.8. The lowest BCUT2D eigenvalue weighted by atomic mass is 10.1. The topological polar surface area (TPSA) is 131 Å². The van der Waals surface area contributed by atoms with Crippen LogP contribution < -0.4 is 20.7 Å². The van der Waals surface area contributed by atoms with Gasteiger partial charge in [-0.05, 0) is 54.4 Å². The molecular formula is C28H30N8O2S. The molecule has 0 bridgehead atoms. The summed E-state index contributed by atoms with van der Waals surface area (Å²) in [4.78, 5) is 15.8. The van der Waals surface area contributed by atoms with E-state index >= 15 is 0 Å². The molecular weight excluding hydrogens is 512 g/mol. The highest BCUT2D eigenvalue weighted by Gasteiger charge is 2.14. The fourth-order valence-corrected chi connectivity index (χ4v) is 4.98. The number of primary sulfonamides is 1. The van der Waals surface area contributed by atoms with E-state index in [1.807, 2.05) is 55.4 Å². The summed E-state index contributed by atoms with van der Waals surface area (Å²) in [7, 11) is 0.360. The molecule has 5 aromatic rings. The molecule has 0 amide bonds. The first-order chi connectivity index (χ1) is 18.7. The van der Waals surface area contributed by atoms with E-state index in [0.29, 0.717) is 17.3 Å². The normalized spacial score (nSPS) is 12.3. The Balaban J connectivity index is 1.33. The molecule has 3 aromatic carbocycles. The van der Waals surface area contributed by atoms with Crippen molar-refractivity contribution in [3.8, 4) is 0 Å². The Morgan fingerprint density at radius 2 is 1.74 bits per heavy atom. The van der Waals surface area contributed by atoms with Crippen LogP contribution in [0.4, 0.5) is 29.1 Å². The number of aryl methyl sites for hydroxylation is 1. The molecule has 0 aliphatic heterocycles. The lowest BCUT2D eigenvalue weighted by Gasteiger charge is -2.19. The molecule has 1 unspecified atom stereocenters. The Bertz CT molecular complexity index is 1700. The van der Waals surface area contributed by atoms with Gasteiger partial charge in [0.1, 0.15) is 5.82 Å². The molecule has 0 saturated heterocycles. The van der Waals surface area contributed by atoms with Crippen LogP contribution in [0.1, 0.15) is 24.1 Å². The molecule has 10 nitrogen and oxygen atoms in total. The number of hydrogen-bond acceptors (Lipinski definition) is 8. The SMILES string of the molecule is CC(Nc1nc2cc(N(C)c3ccnc(Nc4ccc(CS(N)(=O)=O)cc4)n3)ccc2n1C)c1ccccc1. The molecule has 4 N–H and O–H groups in total. The zero-order chi connectivity index (χ0) is 27.6. The maximum atomic E-state index is 11.3. The van der Waals surface area contributed by atoms with Gasteiger partial charge < -0.3 is 20.1 Å². The largest absolute Gasteiger partial charge is 0.349 e. The summed E-state index contributed by atoms with van der Waals surface area (Å²) in [6, 6.07) is 25.3. The van der Waals surface area contributed by atoms with Crippen LogP contribution in [-0.2, 0) is 22.8 Å². The van der Waals surface area contributed by atoms with Crippen molar-refractivity contribution in [1.29, 1.82) is 0 Å². The zero-order valence-electron chi connectivity index (χ0n) is 21.9. The van der Waals surface area contributed by atoms with E-state index in [0.717, 1.165) is 28.4 Å². The minimum absolute atomic E-state index is 0.112. The molecule has 200 valence electrons. The number of fused-ring (bicyclic) bond motifs is 1. The van der Waals surface area contributed by atoms with Gasteiger partial charge in [0.25, 0.3) is 0 Å². The van der Waals surface area contributed by atoms with Gasteiger partial charge in [0.05, 0.1) is 22.8 Å². The lowest BCUT2D eigenvalue weighted by Crippen LogP contribution is -2.14. The van der Waals surface area contributed by atoms with Crippen LogP contribution in [0.25, 0.3) is 11.0 Å². The van der Waals surface area contributed by atoms with Gasteiger partial charge in [0, 0.05) is 31.7 Å². The molecule has 0 saturated carbocycles. The Hall–Kier alpha value is -4.48. The maximum absolute atomic E-state index is 11.3. The third-order valence-corrected chi connectivity index (χ3v) is 7.20. The second kappa shape index (κ2) is 10.7. The van der Waals surface area contributed by atoms with E-state index in [2.05, 4.69) is 50.3 Å². The van der Waals surface area contributed by atoms with Crippen molar-refractivity contribution in [1.82, 2.24) is 19.5 Å². The summed E-state index contributed by atoms with van der Waals surface area (Å²) in [6.45, 7) is 2.12. The number of hydrogen-bond donors (Lipinski definition) is 3. The summed E-state index contributed by atoms with van der Waals surface area (Å²) in [5.74, 6) is 1.70. The highest BCUT2D eigenvalue weighted by molar-refractivity contribution is 7.88. The molecule has 11 heteroatoms. The van der Waals surface area contributed by atoms with Crippen molar-refractivity contribution in [2.75, 3.05) is 22.6 Å². The Morgan fingerprint density at radius 1 is 1.00 bits per heavy atom. The molecule has 0 aliphatic carbocycles. The zero-order valence-corrected chi connectivity index (χ0v) is 22.7. The fourth-order valence-electron chi connectivity index (χ4n) is 4.32. The van der Waals surface area contributed by atoms with E-state index < -0.39 is 10.0 Å². The number of anilines is 5. The second-order valence-electron chi connectivity index (χ2n) is 9.37. The summed E-state index contributed by atoms with van der Waals surface area (Å²) >= 11 is 0. The van der Waals surface area contributed by atoms with Gasteiger partial charge in [-0.2, -0.15) is 4.98 Å². The van der Waals surface area contributed by atoms with E-state index in [-0.39, 0.29) is 11.8 Å². The molecule has 0 fully saturated rings. The minimum atomic E-state index is -3.58. The Labute approximate surface area is 227 Å². The monoisotopic (exact) mass is 542 g/mol. The Kier molecular flexibility index (Phi) is 7.18. The predicted octanol–water partition coefficient (Wildman–Crippen LogP) is 4.84. The van der Waals surface area contributed by atoms with Gasteiger partial charge in [-0.3, -0.25) is 0 Å². The molecule has 0 spiro atoms. The van der Waals surface area contributed by atoms with Gasteiger partial charge >= 0.3 is 0 Å². The first-order valence-corrected chi connectivity index (χ1v) is 14.1. The summed E-state index contributed by atoms with van der Waals surface area (Å²) in [6.07, 6.45) is 1.68. The van der Waals surface area contributed by atoms with Crippen LogP contribution in [0, 0.1) is 0 Å². The minimum Gasteiger partial charge on any atom is -0.349 e. The fraction of sp³-hybridized carbons (Fsp3) is 0.179. The number of nitrogens with one attached hydrogen (secondary N) is 2. The van der Waals surface area contributed by atoms with Crippen molar-refractivity contribution in [2.45, 2.75) is 18.7 Å². The van der Waals surface area contributed by atoms with Crippen LogP contribution >= 0.6 is 0 Å².